The lowest BCUT2D eigenvalue weighted by molar-refractivity contribution is -0.144. The summed E-state index contributed by atoms with van der Waals surface area (Å²) >= 11 is 1.57. The van der Waals surface area contributed by atoms with Crippen LogP contribution in [-0.4, -0.2) is 90.2 Å². The third kappa shape index (κ3) is 8.90. The first-order chi connectivity index (χ1) is 27.8. The number of phenols is 1. The molecule has 2 aliphatic rings. The van der Waals surface area contributed by atoms with E-state index in [9.17, 15) is 29.4 Å². The maximum absolute atomic E-state index is 14.0. The van der Waals surface area contributed by atoms with Gasteiger partial charge in [-0.3, -0.25) is 19.2 Å². The maximum atomic E-state index is 14.0. The highest BCUT2D eigenvalue weighted by Gasteiger charge is 2.44. The Kier molecular flexibility index (Phi) is 11.9. The Balaban J connectivity index is 0.901. The second kappa shape index (κ2) is 17.0. The molecule has 4 atom stereocenters. The van der Waals surface area contributed by atoms with Crippen LogP contribution in [0.15, 0.2) is 60.1 Å². The summed E-state index contributed by atoms with van der Waals surface area (Å²) in [6, 6.07) is 14.9. The van der Waals surface area contributed by atoms with Gasteiger partial charge in [-0.25, -0.2) is 4.98 Å². The molecule has 0 spiro atoms. The van der Waals surface area contributed by atoms with E-state index in [0.29, 0.717) is 42.6 Å². The van der Waals surface area contributed by atoms with Crippen LogP contribution in [-0.2, 0) is 38.6 Å². The van der Waals surface area contributed by atoms with E-state index >= 15 is 0 Å². The van der Waals surface area contributed by atoms with Crippen molar-refractivity contribution in [2.24, 2.45) is 11.3 Å². The highest BCUT2D eigenvalue weighted by Crippen LogP contribution is 2.35. The molecule has 6 N–H and O–H groups in total. The zero-order valence-electron chi connectivity index (χ0n) is 33.2. The molecule has 15 heteroatoms. The summed E-state index contributed by atoms with van der Waals surface area (Å²) in [6.45, 7) is 8.03. The fraction of sp³-hybridized carbons (Fsp3) is 0.419. The molecule has 1 aliphatic heterocycles. The highest BCUT2D eigenvalue weighted by molar-refractivity contribution is 7.13. The van der Waals surface area contributed by atoms with Gasteiger partial charge in [0.05, 0.1) is 27.9 Å². The number of fused-ring (bicyclic) bond motifs is 3. The molecule has 2 aromatic carbocycles. The van der Waals surface area contributed by atoms with Gasteiger partial charge in [-0.15, -0.1) is 21.5 Å². The zero-order valence-corrected chi connectivity index (χ0v) is 34.0. The van der Waals surface area contributed by atoms with Crippen molar-refractivity contribution in [3.8, 4) is 27.4 Å². The van der Waals surface area contributed by atoms with Gasteiger partial charge in [0.25, 0.3) is 0 Å². The number of nitrogens with one attached hydrogen (secondary N) is 4. The van der Waals surface area contributed by atoms with Gasteiger partial charge in [-0.2, -0.15) is 0 Å². The summed E-state index contributed by atoms with van der Waals surface area (Å²) < 4.78 is 0. The Morgan fingerprint density at radius 2 is 1.81 bits per heavy atom. The van der Waals surface area contributed by atoms with Crippen LogP contribution in [0.2, 0.25) is 0 Å². The van der Waals surface area contributed by atoms with Gasteiger partial charge in [0.2, 0.25) is 23.6 Å². The monoisotopic (exact) mass is 806 g/mol. The SMILES string of the molecule is Cc1ncsc1-c1ccc(CNC(=O)[C@@H]2C[C@@H](O)CN2C(=O)[C@@H](NC(=O)CCCNC(=O)[C@@H]2CCc3[nH]c4nnc(-c5ccccc5O)cc4c3C2)C(C)(C)C)cc1. The molecule has 5 aromatic rings. The molecule has 4 heterocycles. The highest BCUT2D eigenvalue weighted by atomic mass is 32.1. The summed E-state index contributed by atoms with van der Waals surface area (Å²) in [5.74, 6) is -1.38. The quantitative estimate of drug-likeness (QED) is 0.0977. The Hall–Kier alpha value is -5.67. The van der Waals surface area contributed by atoms with Crippen LogP contribution in [0, 0.1) is 18.3 Å². The number of likely N-dealkylation sites (tertiary alicyclic amines) is 1. The number of aryl methyl sites for hydroxylation is 2. The predicted molar refractivity (Wildman–Crippen MR) is 220 cm³/mol. The number of thiazole rings is 1. The van der Waals surface area contributed by atoms with Gasteiger partial charge >= 0.3 is 0 Å². The lowest BCUT2D eigenvalue weighted by Gasteiger charge is -2.35. The smallest absolute Gasteiger partial charge is 0.246 e. The van der Waals surface area contributed by atoms with Crippen LogP contribution in [0.1, 0.15) is 69.0 Å². The second-order valence-electron chi connectivity index (χ2n) is 16.4. The molecule has 0 unspecified atom stereocenters. The van der Waals surface area contributed by atoms with Gasteiger partial charge in [0.1, 0.15) is 17.8 Å². The third-order valence-corrected chi connectivity index (χ3v) is 12.1. The number of carbonyl (C=O) groups is 4. The van der Waals surface area contributed by atoms with Gasteiger partial charge in [0.15, 0.2) is 5.65 Å². The van der Waals surface area contributed by atoms with Crippen molar-refractivity contribution in [3.63, 3.8) is 0 Å². The number of aromatic nitrogens is 4. The van der Waals surface area contributed by atoms with Crippen LogP contribution < -0.4 is 16.0 Å². The standard InChI is InChI=1S/C43H50N8O6S/c1-24-37(58-23-46-24)26-13-11-25(12-14-26)21-45-41(56)34-19-28(52)22-51(34)42(57)38(43(2,3)4)48-36(54)10-7-17-44-40(55)27-15-16-32-30(18-27)31-20-33(49-50-39(31)47-32)29-8-5-6-9-35(29)53/h5-6,8-9,11-14,20,23,27-28,34,38,52-53H,7,10,15-19,21-22H2,1-4H3,(H,44,55)(H,45,56)(H,47,50)(H,48,54)/t27-,28-,34+,38-/m1/s1. The molecule has 1 saturated heterocycles. The maximum Gasteiger partial charge on any atom is 0.246 e. The van der Waals surface area contributed by atoms with E-state index in [1.54, 1.807) is 29.5 Å². The normalized spacial score (nSPS) is 18.4. The van der Waals surface area contributed by atoms with Crippen molar-refractivity contribution in [2.45, 2.75) is 91.0 Å². The summed E-state index contributed by atoms with van der Waals surface area (Å²) in [7, 11) is 0. The number of aromatic hydroxyl groups is 1. The minimum Gasteiger partial charge on any atom is -0.507 e. The molecule has 14 nitrogen and oxygen atoms in total. The van der Waals surface area contributed by atoms with Crippen molar-refractivity contribution in [1.29, 1.82) is 0 Å². The Morgan fingerprint density at radius 1 is 1.03 bits per heavy atom. The van der Waals surface area contributed by atoms with E-state index in [1.165, 1.54) is 4.90 Å². The fourth-order valence-electron chi connectivity index (χ4n) is 7.87. The number of hydrogen-bond donors (Lipinski definition) is 6. The van der Waals surface area contributed by atoms with Crippen molar-refractivity contribution in [3.05, 3.63) is 82.6 Å². The molecule has 304 valence electrons. The Bertz CT molecular complexity index is 2320. The number of aliphatic hydroxyl groups excluding tert-OH is 1. The first-order valence-electron chi connectivity index (χ1n) is 19.7. The molecule has 7 rings (SSSR count). The van der Waals surface area contributed by atoms with Crippen LogP contribution in [0.25, 0.3) is 32.7 Å². The number of phenolic OH excluding ortho intramolecular Hbond substituents is 1. The number of H-pyrrole nitrogens is 1. The van der Waals surface area contributed by atoms with E-state index < -0.39 is 29.5 Å². The topological polar surface area (TPSA) is 203 Å². The van der Waals surface area contributed by atoms with Crippen LogP contribution >= 0.6 is 11.3 Å². The molecule has 0 bridgehead atoms. The molecular weight excluding hydrogens is 757 g/mol. The number of β-amino-alcohol motifs (C(OH)–C–C–N with tert-alkyl or cyclic N) is 1. The summed E-state index contributed by atoms with van der Waals surface area (Å²) in [5.41, 5.74) is 7.84. The van der Waals surface area contributed by atoms with Crippen molar-refractivity contribution in [2.75, 3.05) is 13.1 Å². The van der Waals surface area contributed by atoms with E-state index in [0.717, 1.165) is 38.3 Å². The number of rotatable bonds is 12. The van der Waals surface area contributed by atoms with Crippen LogP contribution in [0.4, 0.5) is 0 Å². The van der Waals surface area contributed by atoms with E-state index in [2.05, 4.69) is 36.1 Å². The predicted octanol–water partition coefficient (Wildman–Crippen LogP) is 4.57. The number of hydrogen-bond acceptors (Lipinski definition) is 10. The minimum absolute atomic E-state index is 0.0132. The number of carbonyl (C=O) groups excluding carboxylic acids is 4. The molecule has 0 radical (unpaired) electrons. The molecule has 0 saturated carbocycles. The molecule has 58 heavy (non-hydrogen) atoms. The number of amides is 4. The van der Waals surface area contributed by atoms with Crippen LogP contribution in [0.3, 0.4) is 0 Å². The van der Waals surface area contributed by atoms with Crippen molar-refractivity contribution in [1.82, 2.24) is 41.0 Å². The Labute approximate surface area is 340 Å². The summed E-state index contributed by atoms with van der Waals surface area (Å²) in [5, 5.41) is 39.3. The minimum atomic E-state index is -0.943. The Morgan fingerprint density at radius 3 is 2.53 bits per heavy atom. The lowest BCUT2D eigenvalue weighted by Crippen LogP contribution is -2.57. The fourth-order valence-corrected chi connectivity index (χ4v) is 8.68. The second-order valence-corrected chi connectivity index (χ2v) is 17.2. The molecule has 3 aromatic heterocycles. The first-order valence-corrected chi connectivity index (χ1v) is 20.6. The van der Waals surface area contributed by atoms with E-state index in [1.807, 2.05) is 69.6 Å². The van der Waals surface area contributed by atoms with E-state index in [4.69, 9.17) is 0 Å². The number of aromatic amines is 1. The molecular formula is C43H50N8O6S. The van der Waals surface area contributed by atoms with E-state index in [-0.39, 0.29) is 61.9 Å². The van der Waals surface area contributed by atoms with Gasteiger partial charge in [-0.1, -0.05) is 57.2 Å². The molecule has 1 fully saturated rings. The summed E-state index contributed by atoms with van der Waals surface area (Å²) in [4.78, 5) is 64.2. The number of aliphatic hydroxyl groups is 1. The lowest BCUT2D eigenvalue weighted by atomic mass is 9.85. The zero-order chi connectivity index (χ0) is 41.1. The van der Waals surface area contributed by atoms with Crippen molar-refractivity contribution >= 4 is 46.0 Å². The number of para-hydroxylation sites is 1. The van der Waals surface area contributed by atoms with Gasteiger partial charge in [0, 0.05) is 55.0 Å². The summed E-state index contributed by atoms with van der Waals surface area (Å²) in [6.07, 6.45) is 1.54. The third-order valence-electron chi connectivity index (χ3n) is 11.1. The van der Waals surface area contributed by atoms with Crippen LogP contribution in [0.5, 0.6) is 5.75 Å². The van der Waals surface area contributed by atoms with Gasteiger partial charge in [-0.05, 0) is 72.9 Å². The largest absolute Gasteiger partial charge is 0.507 e. The average molecular weight is 807 g/mol. The first kappa shape index (κ1) is 40.5. The average Bonchev–Trinajstić information content (AvgIpc) is 3.93. The molecule has 4 amide bonds. The molecule has 1 aliphatic carbocycles. The number of benzene rings is 2. The van der Waals surface area contributed by atoms with Crippen molar-refractivity contribution < 1.29 is 29.4 Å². The number of nitrogens with zero attached hydrogens (tertiary/aromatic N) is 4. The van der Waals surface area contributed by atoms with Gasteiger partial charge < -0.3 is 36.0 Å².